The van der Waals surface area contributed by atoms with Gasteiger partial charge in [-0.25, -0.2) is 0 Å². The van der Waals surface area contributed by atoms with Crippen LogP contribution >= 0.6 is 28.3 Å². The first kappa shape index (κ1) is 20.4. The molecule has 0 aromatic heterocycles. The van der Waals surface area contributed by atoms with Crippen LogP contribution in [-0.4, -0.2) is 25.7 Å². The molecular formula is C17H26BrClN2O2. The number of carbonyl (C=O) groups is 1. The number of benzene rings is 1. The second-order valence-electron chi connectivity index (χ2n) is 6.30. The third-order valence-corrected chi connectivity index (χ3v) is 5.12. The first-order chi connectivity index (χ1) is 10.4. The maximum absolute atomic E-state index is 12.4. The van der Waals surface area contributed by atoms with Crippen molar-refractivity contribution in [2.24, 2.45) is 11.7 Å². The van der Waals surface area contributed by atoms with E-state index in [1.165, 1.54) is 0 Å². The van der Waals surface area contributed by atoms with E-state index in [1.54, 1.807) is 14.0 Å². The number of hydrogen-bond acceptors (Lipinski definition) is 3. The number of amides is 1. The van der Waals surface area contributed by atoms with Crippen LogP contribution in [0.4, 0.5) is 0 Å². The molecule has 1 aromatic rings. The molecule has 0 aliphatic heterocycles. The fourth-order valence-electron chi connectivity index (χ4n) is 2.92. The van der Waals surface area contributed by atoms with Crippen molar-refractivity contribution in [1.82, 2.24) is 5.32 Å². The lowest BCUT2D eigenvalue weighted by molar-refractivity contribution is -0.126. The lowest BCUT2D eigenvalue weighted by atomic mass is 9.86. The van der Waals surface area contributed by atoms with Gasteiger partial charge >= 0.3 is 0 Å². The molecule has 3 N–H and O–H groups in total. The van der Waals surface area contributed by atoms with Crippen molar-refractivity contribution in [3.8, 4) is 0 Å². The zero-order valence-electron chi connectivity index (χ0n) is 13.7. The van der Waals surface area contributed by atoms with Crippen molar-refractivity contribution in [2.75, 3.05) is 13.7 Å². The average molecular weight is 406 g/mol. The van der Waals surface area contributed by atoms with E-state index in [4.69, 9.17) is 10.5 Å². The molecule has 1 aliphatic carbocycles. The summed E-state index contributed by atoms with van der Waals surface area (Å²) in [4.78, 5) is 12.4. The highest BCUT2D eigenvalue weighted by Gasteiger charge is 2.31. The van der Waals surface area contributed by atoms with Gasteiger partial charge in [-0.3, -0.25) is 4.79 Å². The maximum atomic E-state index is 12.4. The van der Waals surface area contributed by atoms with Gasteiger partial charge in [0.15, 0.2) is 0 Å². The first-order valence-electron chi connectivity index (χ1n) is 7.79. The van der Waals surface area contributed by atoms with Gasteiger partial charge in [-0.15, -0.1) is 12.4 Å². The molecule has 130 valence electrons. The summed E-state index contributed by atoms with van der Waals surface area (Å²) in [6, 6.07) is 7.57. The predicted octanol–water partition coefficient (Wildman–Crippen LogP) is 3.37. The van der Waals surface area contributed by atoms with E-state index in [0.717, 1.165) is 35.7 Å². The number of carbonyl (C=O) groups excluding carboxylic acids is 1. The molecule has 0 bridgehead atoms. The lowest BCUT2D eigenvalue weighted by Gasteiger charge is -2.29. The minimum atomic E-state index is -1.01. The summed E-state index contributed by atoms with van der Waals surface area (Å²) in [5, 5.41) is 3.02. The van der Waals surface area contributed by atoms with Crippen LogP contribution in [0.1, 0.15) is 38.2 Å². The van der Waals surface area contributed by atoms with Gasteiger partial charge in [-0.1, -0.05) is 28.1 Å². The molecule has 0 heterocycles. The molecule has 1 saturated carbocycles. The number of nitrogens with two attached hydrogens (primary N) is 1. The molecule has 2 rings (SSSR count). The summed E-state index contributed by atoms with van der Waals surface area (Å²) in [5.74, 6) is 0.403. The van der Waals surface area contributed by atoms with E-state index in [0.29, 0.717) is 18.6 Å². The summed E-state index contributed by atoms with van der Waals surface area (Å²) < 4.78 is 6.35. The smallest absolute Gasteiger partial charge is 0.244 e. The monoisotopic (exact) mass is 404 g/mol. The van der Waals surface area contributed by atoms with Crippen LogP contribution in [0.3, 0.4) is 0 Å². The Morgan fingerprint density at radius 2 is 1.87 bits per heavy atom. The topological polar surface area (TPSA) is 64.3 Å². The van der Waals surface area contributed by atoms with Crippen molar-refractivity contribution in [1.29, 1.82) is 0 Å². The van der Waals surface area contributed by atoms with Crippen LogP contribution in [0.25, 0.3) is 0 Å². The van der Waals surface area contributed by atoms with Crippen LogP contribution < -0.4 is 11.1 Å². The molecule has 0 radical (unpaired) electrons. The molecule has 4 nitrogen and oxygen atoms in total. The lowest BCUT2D eigenvalue weighted by Crippen LogP contribution is -2.50. The van der Waals surface area contributed by atoms with Gasteiger partial charge in [0.25, 0.3) is 0 Å². The molecule has 0 spiro atoms. The van der Waals surface area contributed by atoms with Gasteiger partial charge in [0, 0.05) is 18.1 Å². The molecule has 1 amide bonds. The van der Waals surface area contributed by atoms with E-state index in [2.05, 4.69) is 21.2 Å². The molecule has 1 aromatic carbocycles. The Kier molecular flexibility index (Phi) is 8.01. The number of methoxy groups -OCH3 is 1. The normalized spacial score (nSPS) is 23.5. The minimum Gasteiger partial charge on any atom is -0.381 e. The van der Waals surface area contributed by atoms with Crippen molar-refractivity contribution >= 4 is 34.2 Å². The summed E-state index contributed by atoms with van der Waals surface area (Å²) in [6.45, 7) is 2.45. The van der Waals surface area contributed by atoms with Gasteiger partial charge in [0.2, 0.25) is 5.91 Å². The van der Waals surface area contributed by atoms with E-state index < -0.39 is 5.54 Å². The standard InChI is InChI=1S/C17H25BrN2O2.ClH/c1-17(19,13-5-7-14(18)8-6-13)16(21)20-11-12-3-9-15(22-2)10-4-12;/h5-8,12,15H,3-4,9-11,19H2,1-2H3,(H,20,21);1H. The average Bonchev–Trinajstić information content (AvgIpc) is 2.53. The quantitative estimate of drug-likeness (QED) is 0.789. The Bertz CT molecular complexity index is 500. The molecule has 1 atom stereocenters. The molecule has 1 unspecified atom stereocenters. The molecular weight excluding hydrogens is 380 g/mol. The summed E-state index contributed by atoms with van der Waals surface area (Å²) in [6.07, 6.45) is 4.72. The van der Waals surface area contributed by atoms with Crippen molar-refractivity contribution < 1.29 is 9.53 Å². The largest absolute Gasteiger partial charge is 0.381 e. The van der Waals surface area contributed by atoms with E-state index in [1.807, 2.05) is 24.3 Å². The highest BCUT2D eigenvalue weighted by molar-refractivity contribution is 9.10. The molecule has 0 saturated heterocycles. The molecule has 23 heavy (non-hydrogen) atoms. The highest BCUT2D eigenvalue weighted by atomic mass is 79.9. The van der Waals surface area contributed by atoms with Gasteiger partial charge < -0.3 is 15.8 Å². The summed E-state index contributed by atoms with van der Waals surface area (Å²) in [7, 11) is 1.77. The van der Waals surface area contributed by atoms with Gasteiger partial charge in [0.05, 0.1) is 6.10 Å². The fourth-order valence-corrected chi connectivity index (χ4v) is 3.18. The molecule has 1 fully saturated rings. The zero-order chi connectivity index (χ0) is 16.2. The number of ether oxygens (including phenoxy) is 1. The van der Waals surface area contributed by atoms with Gasteiger partial charge in [-0.2, -0.15) is 0 Å². The van der Waals surface area contributed by atoms with E-state index >= 15 is 0 Å². The predicted molar refractivity (Wildman–Crippen MR) is 98.7 cm³/mol. The van der Waals surface area contributed by atoms with Gasteiger partial charge in [-0.05, 0) is 56.2 Å². The third kappa shape index (κ3) is 5.45. The fraction of sp³-hybridized carbons (Fsp3) is 0.588. The third-order valence-electron chi connectivity index (χ3n) is 4.59. The van der Waals surface area contributed by atoms with Crippen LogP contribution in [-0.2, 0) is 15.1 Å². The Labute approximate surface area is 153 Å². The van der Waals surface area contributed by atoms with E-state index in [9.17, 15) is 4.79 Å². The Morgan fingerprint density at radius 3 is 2.39 bits per heavy atom. The highest BCUT2D eigenvalue weighted by Crippen LogP contribution is 2.26. The Hall–Kier alpha value is -0.620. The minimum absolute atomic E-state index is 0. The number of halogens is 2. The maximum Gasteiger partial charge on any atom is 0.244 e. The Morgan fingerprint density at radius 1 is 1.30 bits per heavy atom. The van der Waals surface area contributed by atoms with Crippen LogP contribution in [0.2, 0.25) is 0 Å². The second-order valence-corrected chi connectivity index (χ2v) is 7.21. The zero-order valence-corrected chi connectivity index (χ0v) is 16.1. The van der Waals surface area contributed by atoms with Crippen LogP contribution in [0.5, 0.6) is 0 Å². The second kappa shape index (κ2) is 9.02. The van der Waals surface area contributed by atoms with Crippen molar-refractivity contribution in [3.63, 3.8) is 0 Å². The Balaban J connectivity index is 0.00000264. The van der Waals surface area contributed by atoms with Crippen molar-refractivity contribution in [3.05, 3.63) is 34.3 Å². The number of hydrogen-bond donors (Lipinski definition) is 2. The summed E-state index contributed by atoms with van der Waals surface area (Å²) >= 11 is 3.39. The molecule has 1 aliphatic rings. The number of nitrogens with one attached hydrogen (secondary N) is 1. The summed E-state index contributed by atoms with van der Waals surface area (Å²) in [5.41, 5.74) is 6.05. The SMILES string of the molecule is COC1CCC(CNC(=O)C(C)(N)c2ccc(Br)cc2)CC1.Cl. The van der Waals surface area contributed by atoms with Crippen molar-refractivity contribution in [2.45, 2.75) is 44.2 Å². The van der Waals surface area contributed by atoms with Gasteiger partial charge in [0.1, 0.15) is 5.54 Å². The number of rotatable bonds is 5. The van der Waals surface area contributed by atoms with E-state index in [-0.39, 0.29) is 18.3 Å². The van der Waals surface area contributed by atoms with Crippen LogP contribution in [0, 0.1) is 5.92 Å². The van der Waals surface area contributed by atoms with Crippen LogP contribution in [0.15, 0.2) is 28.7 Å². The first-order valence-corrected chi connectivity index (χ1v) is 8.58. The molecule has 6 heteroatoms.